The number of aromatic nitrogens is 6. The topological polar surface area (TPSA) is 200 Å². The Morgan fingerprint density at radius 2 is 0.544 bits per heavy atom. The lowest BCUT2D eigenvalue weighted by Gasteiger charge is -2.55. The average Bonchev–Trinajstić information content (AvgIpc) is 0.510. The van der Waals surface area contributed by atoms with Crippen LogP contribution in [0.15, 0.2) is 0 Å². The molecule has 6 rings (SSSR count). The molecule has 4 aliphatic heterocycles. The van der Waals surface area contributed by atoms with Crippen LogP contribution in [-0.4, -0.2) is 186 Å². The van der Waals surface area contributed by atoms with Gasteiger partial charge in [0.15, 0.2) is 0 Å². The quantitative estimate of drug-likeness (QED) is 0.0360. The maximum absolute atomic E-state index is 6.78. The zero-order chi connectivity index (χ0) is 83.6. The van der Waals surface area contributed by atoms with E-state index < -0.39 is 0 Å². The fourth-order valence-electron chi connectivity index (χ4n) is 20.7. The fraction of sp³-hybridized carbons (Fsp3) is 0.935. The van der Waals surface area contributed by atoms with Crippen molar-refractivity contribution in [3.63, 3.8) is 0 Å². The Morgan fingerprint density at radius 1 is 0.307 bits per heavy atom. The first-order valence-electron chi connectivity index (χ1n) is 47.0. The number of piperidine rings is 4. The molecule has 2 unspecified atom stereocenters. The molecule has 22 heteroatoms. The van der Waals surface area contributed by atoms with Crippen LogP contribution in [0.4, 0.5) is 35.7 Å². The summed E-state index contributed by atoms with van der Waals surface area (Å²) in [5, 5.41) is 24.8. The van der Waals surface area contributed by atoms with Gasteiger partial charge in [0.05, 0.1) is 26.4 Å². The Bertz CT molecular complexity index is 2670. The average molecular weight is 1600 g/mol. The molecule has 114 heavy (non-hydrogen) atoms. The van der Waals surface area contributed by atoms with E-state index in [1.54, 1.807) is 14.2 Å². The van der Waals surface area contributed by atoms with E-state index in [1.165, 1.54) is 128 Å². The summed E-state index contributed by atoms with van der Waals surface area (Å²) in [4.78, 5) is 63.8. The van der Waals surface area contributed by atoms with E-state index in [9.17, 15) is 0 Å². The Hall–Kier alpha value is -3.58. The van der Waals surface area contributed by atoms with Gasteiger partial charge < -0.3 is 40.5 Å². The summed E-state index contributed by atoms with van der Waals surface area (Å²) in [6.07, 6.45) is 45.1. The first-order chi connectivity index (χ1) is 54.2. The second-order valence-corrected chi connectivity index (χ2v) is 40.2. The highest BCUT2D eigenvalue weighted by Crippen LogP contribution is 2.48. The van der Waals surface area contributed by atoms with Crippen molar-refractivity contribution in [2.24, 2.45) is 11.8 Å². The number of nitrogens with one attached hydrogen (secondary N) is 4. The molecule has 2 aromatic heterocycles. The summed E-state index contributed by atoms with van der Waals surface area (Å²) in [6, 6.07) is 0.413. The summed E-state index contributed by atoms with van der Waals surface area (Å²) < 4.78 is 12.3. The van der Waals surface area contributed by atoms with Gasteiger partial charge in [-0.1, -0.05) is 196 Å². The number of ether oxygens (including phenoxy) is 2. The summed E-state index contributed by atoms with van der Waals surface area (Å²) >= 11 is 0. The van der Waals surface area contributed by atoms with Crippen LogP contribution < -0.4 is 31.1 Å². The van der Waals surface area contributed by atoms with Gasteiger partial charge in [0.2, 0.25) is 35.7 Å². The van der Waals surface area contributed by atoms with Crippen molar-refractivity contribution in [3.8, 4) is 0 Å². The molecule has 4 fully saturated rings. The van der Waals surface area contributed by atoms with Crippen molar-refractivity contribution in [2.75, 3.05) is 98.3 Å². The monoisotopic (exact) mass is 1600 g/mol. The second-order valence-electron chi connectivity index (χ2n) is 40.2. The van der Waals surface area contributed by atoms with Crippen LogP contribution in [0.3, 0.4) is 0 Å². The molecule has 22 nitrogen and oxygen atoms in total. The number of hydrogen-bond acceptors (Lipinski definition) is 22. The summed E-state index contributed by atoms with van der Waals surface area (Å²) in [6.45, 7) is 56.5. The number of anilines is 6. The van der Waals surface area contributed by atoms with E-state index in [1.807, 2.05) is 0 Å². The molecule has 0 aromatic carbocycles. The zero-order valence-corrected chi connectivity index (χ0v) is 78.2. The number of hydrogen-bond donors (Lipinski definition) is 4. The van der Waals surface area contributed by atoms with E-state index in [2.05, 4.69) is 204 Å². The van der Waals surface area contributed by atoms with Gasteiger partial charge in [-0.05, 0) is 225 Å². The normalized spacial score (nSPS) is 20.6. The van der Waals surface area contributed by atoms with Crippen LogP contribution in [0.2, 0.25) is 0 Å². The molecule has 0 spiro atoms. The Morgan fingerprint density at radius 3 is 0.798 bits per heavy atom. The maximum Gasteiger partial charge on any atom is 0.234 e. The van der Waals surface area contributed by atoms with Gasteiger partial charge in [-0.15, -0.1) is 0 Å². The molecular formula is C92H178N16O6. The minimum Gasteiger partial charge on any atom is -0.364 e. The smallest absolute Gasteiger partial charge is 0.234 e. The maximum atomic E-state index is 6.78. The minimum atomic E-state index is -0.269. The molecule has 0 aliphatic carbocycles. The predicted molar refractivity (Wildman–Crippen MR) is 477 cm³/mol. The van der Waals surface area contributed by atoms with Gasteiger partial charge in [-0.2, -0.15) is 50.2 Å². The van der Waals surface area contributed by atoms with Crippen molar-refractivity contribution in [2.45, 2.75) is 478 Å². The van der Waals surface area contributed by atoms with Gasteiger partial charge in [0.25, 0.3) is 0 Å². The van der Waals surface area contributed by atoms with Crippen LogP contribution in [0.5, 0.6) is 0 Å². The van der Waals surface area contributed by atoms with E-state index in [0.717, 1.165) is 155 Å². The highest BCUT2D eigenvalue weighted by atomic mass is 16.7. The summed E-state index contributed by atoms with van der Waals surface area (Å²) in [7, 11) is 3.58. The van der Waals surface area contributed by atoms with Crippen molar-refractivity contribution in [1.29, 1.82) is 0 Å². The molecule has 4 N–H and O–H groups in total. The third kappa shape index (κ3) is 31.5. The number of methoxy groups -OCH3 is 2. The van der Waals surface area contributed by atoms with E-state index >= 15 is 0 Å². The van der Waals surface area contributed by atoms with E-state index in [-0.39, 0.29) is 68.5 Å². The molecule has 662 valence electrons. The third-order valence-electron chi connectivity index (χ3n) is 25.1. The third-order valence-corrected chi connectivity index (χ3v) is 25.1. The molecule has 4 saturated heterocycles. The molecule has 6 heterocycles. The molecule has 2 aromatic rings. The molecule has 2 atom stereocenters. The Balaban J connectivity index is 1.22. The van der Waals surface area contributed by atoms with Gasteiger partial charge in [-0.25, -0.2) is 0 Å². The molecule has 0 bridgehead atoms. The lowest BCUT2D eigenvalue weighted by Crippen LogP contribution is -2.64. The van der Waals surface area contributed by atoms with Gasteiger partial charge >= 0.3 is 0 Å². The van der Waals surface area contributed by atoms with Crippen LogP contribution in [0.1, 0.15) is 409 Å². The van der Waals surface area contributed by atoms with Crippen molar-refractivity contribution < 1.29 is 28.8 Å². The number of unbranched alkanes of at least 4 members (excludes halogenated alkanes) is 23. The van der Waals surface area contributed by atoms with Crippen LogP contribution in [0.25, 0.3) is 0 Å². The number of nitrogens with zero attached hydrogens (tertiary/aromatic N) is 12. The van der Waals surface area contributed by atoms with Crippen molar-refractivity contribution >= 4 is 35.7 Å². The van der Waals surface area contributed by atoms with Crippen LogP contribution in [0, 0.1) is 11.8 Å². The van der Waals surface area contributed by atoms with Gasteiger partial charge in [0.1, 0.15) is 13.5 Å². The molecule has 0 saturated carbocycles. The highest BCUT2D eigenvalue weighted by molar-refractivity contribution is 5.47. The van der Waals surface area contributed by atoms with Crippen LogP contribution >= 0.6 is 0 Å². The van der Waals surface area contributed by atoms with Crippen molar-refractivity contribution in [1.82, 2.24) is 50.2 Å². The first kappa shape index (κ1) is 99.2. The zero-order valence-electron chi connectivity index (χ0n) is 78.2. The Labute approximate surface area is 698 Å². The van der Waals surface area contributed by atoms with Gasteiger partial charge in [0, 0.05) is 95.8 Å². The summed E-state index contributed by atoms with van der Waals surface area (Å²) in [5.74, 6) is 4.33. The highest BCUT2D eigenvalue weighted by Gasteiger charge is 2.53. The molecule has 0 amide bonds. The van der Waals surface area contributed by atoms with E-state index in [0.29, 0.717) is 74.1 Å². The molecular weight excluding hydrogens is 1430 g/mol. The van der Waals surface area contributed by atoms with E-state index in [4.69, 9.17) is 58.7 Å². The number of hydroxylamine groups is 8. The fourth-order valence-corrected chi connectivity index (χ4v) is 20.7. The Kier molecular flexibility index (Phi) is 42.4. The van der Waals surface area contributed by atoms with Gasteiger partial charge in [-0.3, -0.25) is 19.4 Å². The number of rotatable bonds is 59. The first-order valence-corrected chi connectivity index (χ1v) is 47.0. The van der Waals surface area contributed by atoms with Crippen molar-refractivity contribution in [3.05, 3.63) is 0 Å². The second kappa shape index (κ2) is 48.8. The largest absolute Gasteiger partial charge is 0.364 e. The molecule has 0 radical (unpaired) electrons. The summed E-state index contributed by atoms with van der Waals surface area (Å²) in [5.41, 5.74) is -1.77. The minimum absolute atomic E-state index is 0.0697. The SMILES string of the molecule is CCCCCCCCON1C(C)(C)CC(C(CCC)Nc2nc(NCCCCCCNc3nc(NC(CCC)C4CC(C)(C)N(OCCCCCCCC)C(C)(C)C4)nc(N(COC)C4CC(C)(C)N(OCCCCCCCC)C(C)(C)C4)n3)nc(N(COC)C3CC(C)(C)N(OCCCCCCCC)C(C)(C)C3)n2)CC1(C)C. The predicted octanol–water partition coefficient (Wildman–Crippen LogP) is 22.9. The lowest BCUT2D eigenvalue weighted by atomic mass is 9.71. The van der Waals surface area contributed by atoms with Crippen LogP contribution in [-0.2, 0) is 28.8 Å². The lowest BCUT2D eigenvalue weighted by molar-refractivity contribution is -0.289. The molecule has 4 aliphatic rings. The standard InChI is InChI=1S/C92H178N16O6/c1-25-31-35-39-45-51-59-111-105-85(7,8)63-73(64-86(105,9)10)77(55-29-5)95-81-97-79(99-83(101-81)103(71-109-23)75-67-89(15,16)107(90(17,18)68-75)113-61-53-47-41-37-33-27-3)93-57-49-43-44-50-58-94-80-98-82(96-78(56-30-6)74-65-87(11,12)106(88(13,14)66-74)112-60-52-46-40-36-32-26-2)102-84(100-80)104(72-110-24)76-69-91(19,20)108(92(21,22)70-76)114-62-54-48-42-38-34-28-4/h73-78H,25-72H2,1-24H3,(H2,93,95,97,99,101)(H2,94,96,98,100,102).